The van der Waals surface area contributed by atoms with Crippen molar-refractivity contribution in [3.63, 3.8) is 0 Å². The van der Waals surface area contributed by atoms with Crippen molar-refractivity contribution in [2.24, 2.45) is 5.41 Å². The minimum Gasteiger partial charge on any atom is -0.496 e. The van der Waals surface area contributed by atoms with Crippen molar-refractivity contribution >= 4 is 0 Å². The average molecular weight is 222 g/mol. The van der Waals surface area contributed by atoms with Gasteiger partial charge in [-0.05, 0) is 30.4 Å². The first-order valence-corrected chi connectivity index (χ1v) is 5.51. The van der Waals surface area contributed by atoms with Gasteiger partial charge in [-0.15, -0.1) is 0 Å². The first-order chi connectivity index (χ1) is 7.62. The van der Waals surface area contributed by atoms with Gasteiger partial charge in [0.2, 0.25) is 0 Å². The number of aliphatic hydroxyl groups excluding tert-OH is 1. The Balaban J connectivity index is 2.43. The van der Waals surface area contributed by atoms with Crippen LogP contribution in [0.15, 0.2) is 18.2 Å². The highest BCUT2D eigenvalue weighted by atomic mass is 16.5. The molecule has 1 aliphatic carbocycles. The van der Waals surface area contributed by atoms with E-state index in [9.17, 15) is 5.11 Å². The minimum absolute atomic E-state index is 0.0120. The maximum atomic E-state index is 10.4. The fourth-order valence-corrected chi connectivity index (χ4v) is 1.97. The van der Waals surface area contributed by atoms with E-state index in [0.29, 0.717) is 11.5 Å². The van der Waals surface area contributed by atoms with E-state index >= 15 is 0 Å². The number of hydrogen-bond acceptors (Lipinski definition) is 3. The molecule has 0 amide bonds. The average Bonchev–Trinajstić information content (AvgIpc) is 3.06. The molecule has 1 atom stereocenters. The van der Waals surface area contributed by atoms with Crippen LogP contribution in [0.5, 0.6) is 11.5 Å². The van der Waals surface area contributed by atoms with Gasteiger partial charge in [0, 0.05) is 0 Å². The van der Waals surface area contributed by atoms with E-state index < -0.39 is 6.10 Å². The maximum absolute atomic E-state index is 10.4. The Kier molecular flexibility index (Phi) is 2.80. The van der Waals surface area contributed by atoms with E-state index in [4.69, 9.17) is 9.47 Å². The molecular formula is C13H18O3. The van der Waals surface area contributed by atoms with Crippen molar-refractivity contribution in [3.8, 4) is 11.5 Å². The summed E-state index contributed by atoms with van der Waals surface area (Å²) in [6, 6.07) is 5.57. The Hall–Kier alpha value is -1.22. The third-order valence-electron chi connectivity index (χ3n) is 3.44. The highest BCUT2D eigenvalue weighted by Crippen LogP contribution is 2.57. The van der Waals surface area contributed by atoms with Crippen molar-refractivity contribution in [3.05, 3.63) is 23.8 Å². The molecule has 1 aromatic rings. The van der Waals surface area contributed by atoms with Gasteiger partial charge in [-0.2, -0.15) is 0 Å². The van der Waals surface area contributed by atoms with Crippen LogP contribution in [0.3, 0.4) is 0 Å². The molecule has 0 heterocycles. The van der Waals surface area contributed by atoms with Crippen molar-refractivity contribution in [2.45, 2.75) is 25.9 Å². The fraction of sp³-hybridized carbons (Fsp3) is 0.538. The first kappa shape index (κ1) is 11.3. The summed E-state index contributed by atoms with van der Waals surface area (Å²) in [7, 11) is 3.22. The molecule has 1 fully saturated rings. The zero-order chi connectivity index (χ0) is 11.8. The predicted molar refractivity (Wildman–Crippen MR) is 61.8 cm³/mol. The van der Waals surface area contributed by atoms with E-state index in [1.165, 1.54) is 0 Å². The Labute approximate surface area is 96.0 Å². The van der Waals surface area contributed by atoms with Crippen LogP contribution in [0, 0.1) is 5.41 Å². The smallest absolute Gasteiger partial charge is 0.128 e. The molecule has 0 radical (unpaired) electrons. The zero-order valence-electron chi connectivity index (χ0n) is 9.99. The second kappa shape index (κ2) is 3.98. The Bertz CT molecular complexity index is 361. The summed E-state index contributed by atoms with van der Waals surface area (Å²) in [6.45, 7) is 2.09. The number of hydrogen-bond donors (Lipinski definition) is 1. The third-order valence-corrected chi connectivity index (χ3v) is 3.44. The number of ether oxygens (including phenoxy) is 2. The molecular weight excluding hydrogens is 204 g/mol. The van der Waals surface area contributed by atoms with Crippen molar-refractivity contribution < 1.29 is 14.6 Å². The molecule has 88 valence electrons. The highest BCUT2D eigenvalue weighted by molar-refractivity contribution is 5.47. The molecule has 1 aromatic carbocycles. The van der Waals surface area contributed by atoms with Crippen LogP contribution in [0.2, 0.25) is 0 Å². The third kappa shape index (κ3) is 1.76. The van der Waals surface area contributed by atoms with Crippen LogP contribution in [-0.4, -0.2) is 19.3 Å². The molecule has 0 aliphatic heterocycles. The molecule has 2 rings (SSSR count). The second-order valence-corrected chi connectivity index (χ2v) is 4.63. The monoisotopic (exact) mass is 222 g/mol. The molecule has 0 aromatic heterocycles. The molecule has 0 spiro atoms. The van der Waals surface area contributed by atoms with E-state index in [-0.39, 0.29) is 5.41 Å². The van der Waals surface area contributed by atoms with Gasteiger partial charge in [-0.1, -0.05) is 13.0 Å². The summed E-state index contributed by atoms with van der Waals surface area (Å²) < 4.78 is 10.6. The van der Waals surface area contributed by atoms with Crippen LogP contribution >= 0.6 is 0 Å². The largest absolute Gasteiger partial charge is 0.496 e. The van der Waals surface area contributed by atoms with Crippen molar-refractivity contribution in [1.82, 2.24) is 0 Å². The summed E-state index contributed by atoms with van der Waals surface area (Å²) >= 11 is 0. The van der Waals surface area contributed by atoms with Crippen LogP contribution in [-0.2, 0) is 0 Å². The molecule has 1 unspecified atom stereocenters. The molecule has 1 N–H and O–H groups in total. The predicted octanol–water partition coefficient (Wildman–Crippen LogP) is 2.54. The van der Waals surface area contributed by atoms with Crippen LogP contribution in [0.1, 0.15) is 31.4 Å². The second-order valence-electron chi connectivity index (χ2n) is 4.63. The van der Waals surface area contributed by atoms with Crippen molar-refractivity contribution in [1.29, 1.82) is 0 Å². The SMILES string of the molecule is COc1cccc(OC)c1C(O)C1(C)CC1. The van der Waals surface area contributed by atoms with Gasteiger partial charge < -0.3 is 14.6 Å². The van der Waals surface area contributed by atoms with Gasteiger partial charge in [0.05, 0.1) is 25.9 Å². The quantitative estimate of drug-likeness (QED) is 0.850. The molecule has 1 saturated carbocycles. The summed E-state index contributed by atoms with van der Waals surface area (Å²) in [5.74, 6) is 1.39. The Morgan fingerprint density at radius 1 is 1.19 bits per heavy atom. The molecule has 1 aliphatic rings. The summed E-state index contributed by atoms with van der Waals surface area (Å²) in [5, 5.41) is 10.4. The lowest BCUT2D eigenvalue weighted by atomic mass is 9.93. The summed E-state index contributed by atoms with van der Waals surface area (Å²) in [4.78, 5) is 0. The molecule has 0 bridgehead atoms. The summed E-state index contributed by atoms with van der Waals surface area (Å²) in [6.07, 6.45) is 1.59. The van der Waals surface area contributed by atoms with Crippen LogP contribution in [0.4, 0.5) is 0 Å². The van der Waals surface area contributed by atoms with E-state index in [1.54, 1.807) is 14.2 Å². The van der Waals surface area contributed by atoms with Gasteiger partial charge in [0.1, 0.15) is 11.5 Å². The van der Waals surface area contributed by atoms with Crippen molar-refractivity contribution in [2.75, 3.05) is 14.2 Å². The van der Waals surface area contributed by atoms with E-state index in [1.807, 2.05) is 18.2 Å². The van der Waals surface area contributed by atoms with Gasteiger partial charge in [0.15, 0.2) is 0 Å². The molecule has 0 saturated heterocycles. The van der Waals surface area contributed by atoms with Gasteiger partial charge in [-0.25, -0.2) is 0 Å². The van der Waals surface area contributed by atoms with Crippen LogP contribution < -0.4 is 9.47 Å². The lowest BCUT2D eigenvalue weighted by Gasteiger charge is -2.22. The number of methoxy groups -OCH3 is 2. The maximum Gasteiger partial charge on any atom is 0.128 e. The van der Waals surface area contributed by atoms with E-state index in [0.717, 1.165) is 18.4 Å². The van der Waals surface area contributed by atoms with E-state index in [2.05, 4.69) is 6.92 Å². The number of benzene rings is 1. The summed E-state index contributed by atoms with van der Waals surface area (Å²) in [5.41, 5.74) is 0.759. The minimum atomic E-state index is -0.515. The van der Waals surface area contributed by atoms with Gasteiger partial charge >= 0.3 is 0 Å². The Morgan fingerprint density at radius 2 is 1.69 bits per heavy atom. The standard InChI is InChI=1S/C13H18O3/c1-13(7-8-13)12(14)11-9(15-2)5-4-6-10(11)16-3/h4-6,12,14H,7-8H2,1-3H3. The topological polar surface area (TPSA) is 38.7 Å². The lowest BCUT2D eigenvalue weighted by Crippen LogP contribution is -2.12. The van der Waals surface area contributed by atoms with Crippen LogP contribution in [0.25, 0.3) is 0 Å². The number of rotatable bonds is 4. The zero-order valence-corrected chi connectivity index (χ0v) is 9.99. The normalized spacial score (nSPS) is 19.0. The lowest BCUT2D eigenvalue weighted by molar-refractivity contribution is 0.0976. The fourth-order valence-electron chi connectivity index (χ4n) is 1.97. The number of aliphatic hydroxyl groups is 1. The van der Waals surface area contributed by atoms with Gasteiger partial charge in [-0.3, -0.25) is 0 Å². The Morgan fingerprint density at radius 3 is 2.06 bits per heavy atom. The molecule has 3 heteroatoms. The first-order valence-electron chi connectivity index (χ1n) is 5.51. The van der Waals surface area contributed by atoms with Gasteiger partial charge in [0.25, 0.3) is 0 Å². The molecule has 3 nitrogen and oxygen atoms in total. The highest BCUT2D eigenvalue weighted by Gasteiger charge is 2.46. The molecule has 16 heavy (non-hydrogen) atoms.